The van der Waals surface area contributed by atoms with Crippen LogP contribution in [0.3, 0.4) is 0 Å². The van der Waals surface area contributed by atoms with Crippen molar-refractivity contribution in [2.75, 3.05) is 36.4 Å². The van der Waals surface area contributed by atoms with E-state index in [9.17, 15) is 32.7 Å². The highest BCUT2D eigenvalue weighted by Crippen LogP contribution is 2.35. The summed E-state index contributed by atoms with van der Waals surface area (Å²) in [7, 11) is 0. The third kappa shape index (κ3) is 7.21. The van der Waals surface area contributed by atoms with Crippen molar-refractivity contribution in [3.05, 3.63) is 91.9 Å². The van der Waals surface area contributed by atoms with Gasteiger partial charge in [0.1, 0.15) is 18.6 Å². The van der Waals surface area contributed by atoms with E-state index < -0.39 is 35.7 Å². The fourth-order valence-electron chi connectivity index (χ4n) is 7.03. The summed E-state index contributed by atoms with van der Waals surface area (Å²) in [6.07, 6.45) is -2.50. The molecule has 3 aromatic heterocycles. The quantitative estimate of drug-likeness (QED) is 0.229. The lowest BCUT2D eigenvalue weighted by Gasteiger charge is -2.36. The van der Waals surface area contributed by atoms with Gasteiger partial charge in [0.2, 0.25) is 11.7 Å². The van der Waals surface area contributed by atoms with Crippen molar-refractivity contribution in [1.29, 1.82) is 0 Å². The first-order valence-electron chi connectivity index (χ1n) is 17.5. The number of anilines is 2. The number of piperazine rings is 1. The summed E-state index contributed by atoms with van der Waals surface area (Å²) in [6, 6.07) is 8.39. The van der Waals surface area contributed by atoms with Gasteiger partial charge in [-0.3, -0.25) is 14.4 Å². The number of aromatic nitrogens is 6. The topological polar surface area (TPSA) is 160 Å². The maximum absolute atomic E-state index is 14.5. The SMILES string of the molecule is CCc1c(N2CCN(C(=O)c3ncnc(C)c3O)CC2)c(=O)n2nc(-c3cccc4c3COC(C)(C)C4)nc2n1CC(=O)Nc1ccc(C(F)(F)F)cc1Cl. The molecular weight excluding hydrogens is 743 g/mol. The van der Waals surface area contributed by atoms with E-state index in [0.29, 0.717) is 24.3 Å². The molecular formula is C37H37ClF3N9O5. The summed E-state index contributed by atoms with van der Waals surface area (Å²) in [6.45, 7) is 8.11. The van der Waals surface area contributed by atoms with Crippen LogP contribution >= 0.6 is 11.6 Å². The fraction of sp³-hybridized carbons (Fsp3) is 0.378. The highest BCUT2D eigenvalue weighted by molar-refractivity contribution is 6.33. The molecule has 2 aliphatic heterocycles. The van der Waals surface area contributed by atoms with Crippen molar-refractivity contribution in [2.45, 2.75) is 65.5 Å². The number of hydrogen-bond donors (Lipinski definition) is 2. The number of hydrogen-bond acceptors (Lipinski definition) is 10. The molecule has 0 saturated carbocycles. The van der Waals surface area contributed by atoms with Gasteiger partial charge in [-0.25, -0.2) is 9.97 Å². The number of rotatable bonds is 7. The minimum absolute atomic E-state index is 0.0262. The van der Waals surface area contributed by atoms with E-state index in [4.69, 9.17) is 21.3 Å². The van der Waals surface area contributed by atoms with Gasteiger partial charge < -0.3 is 29.5 Å². The Morgan fingerprint density at radius 3 is 2.53 bits per heavy atom. The van der Waals surface area contributed by atoms with E-state index in [2.05, 4.69) is 20.4 Å². The molecule has 7 rings (SSSR count). The molecule has 2 amide bonds. The highest BCUT2D eigenvalue weighted by atomic mass is 35.5. The van der Waals surface area contributed by atoms with E-state index in [1.165, 1.54) is 11.2 Å². The van der Waals surface area contributed by atoms with E-state index in [1.54, 1.807) is 11.5 Å². The Morgan fingerprint density at radius 2 is 1.84 bits per heavy atom. The number of aromatic hydroxyl groups is 1. The summed E-state index contributed by atoms with van der Waals surface area (Å²) in [5, 5.41) is 17.4. The van der Waals surface area contributed by atoms with Crippen LogP contribution in [0.4, 0.5) is 24.5 Å². The number of nitrogens with zero attached hydrogens (tertiary/aromatic N) is 8. The van der Waals surface area contributed by atoms with Crippen LogP contribution < -0.4 is 15.8 Å². The Bertz CT molecular complexity index is 2400. The molecule has 0 atom stereocenters. The van der Waals surface area contributed by atoms with E-state index in [-0.39, 0.29) is 83.3 Å². The zero-order chi connectivity index (χ0) is 39.4. The van der Waals surface area contributed by atoms with Crippen molar-refractivity contribution in [3.63, 3.8) is 0 Å². The zero-order valence-corrected chi connectivity index (χ0v) is 31.1. The van der Waals surface area contributed by atoms with Crippen LogP contribution in [0.5, 0.6) is 5.75 Å². The number of carbonyl (C=O) groups is 2. The monoisotopic (exact) mass is 779 g/mol. The normalized spacial score (nSPS) is 15.6. The van der Waals surface area contributed by atoms with Gasteiger partial charge in [0.05, 0.1) is 39.9 Å². The van der Waals surface area contributed by atoms with E-state index >= 15 is 0 Å². The molecule has 0 radical (unpaired) electrons. The second-order valence-corrected chi connectivity index (χ2v) is 14.4. The summed E-state index contributed by atoms with van der Waals surface area (Å²) in [4.78, 5) is 57.5. The first kappa shape index (κ1) is 37.8. The lowest BCUT2D eigenvalue weighted by atomic mass is 9.89. The van der Waals surface area contributed by atoms with Crippen LogP contribution in [0.1, 0.15) is 59.3 Å². The van der Waals surface area contributed by atoms with Gasteiger partial charge in [-0.1, -0.05) is 36.7 Å². The molecule has 1 fully saturated rings. The summed E-state index contributed by atoms with van der Waals surface area (Å²) in [5.74, 6) is -1.10. The van der Waals surface area contributed by atoms with Gasteiger partial charge in [0.25, 0.3) is 11.5 Å². The molecule has 0 aliphatic carbocycles. The molecule has 55 heavy (non-hydrogen) atoms. The fourth-order valence-corrected chi connectivity index (χ4v) is 7.26. The number of alkyl halides is 3. The first-order valence-corrected chi connectivity index (χ1v) is 17.9. The molecule has 5 heterocycles. The molecule has 2 N–H and O–H groups in total. The molecule has 2 aromatic carbocycles. The van der Waals surface area contributed by atoms with Gasteiger partial charge in [0.15, 0.2) is 17.3 Å². The summed E-state index contributed by atoms with van der Waals surface area (Å²) >= 11 is 6.16. The number of carbonyl (C=O) groups excluding carboxylic acids is 2. The molecule has 0 spiro atoms. The molecule has 0 unspecified atom stereocenters. The predicted octanol–water partition coefficient (Wildman–Crippen LogP) is 5.05. The summed E-state index contributed by atoms with van der Waals surface area (Å²) in [5.41, 5.74) is 1.60. The average molecular weight is 780 g/mol. The molecule has 5 aromatic rings. The molecule has 18 heteroatoms. The van der Waals surface area contributed by atoms with Crippen LogP contribution in [0.2, 0.25) is 5.02 Å². The van der Waals surface area contributed by atoms with Crippen molar-refractivity contribution >= 4 is 40.6 Å². The zero-order valence-electron chi connectivity index (χ0n) is 30.4. The Hall–Kier alpha value is -5.55. The largest absolute Gasteiger partial charge is 0.504 e. The number of fused-ring (bicyclic) bond motifs is 2. The Labute approximate surface area is 317 Å². The second kappa shape index (κ2) is 14.3. The first-order chi connectivity index (χ1) is 26.1. The van der Waals surface area contributed by atoms with Gasteiger partial charge in [-0.2, -0.15) is 22.7 Å². The lowest BCUT2D eigenvalue weighted by Crippen LogP contribution is -2.51. The minimum atomic E-state index is -4.62. The summed E-state index contributed by atoms with van der Waals surface area (Å²) < 4.78 is 48.7. The standard InChI is InChI=1S/C37H37ClF3N9O5/c1-5-27-30(47-11-13-48(14-12-47)33(53)29-31(52)20(2)42-19-43-29)34(54)50-35(45-32(46-50)23-8-6-7-21-16-36(3,4)55-18-24(21)23)49(27)17-28(51)44-26-10-9-22(15-25(26)38)37(39,40)41/h6-10,15,19,52H,5,11-14,16-18H2,1-4H3,(H,44,51). The van der Waals surface area contributed by atoms with Crippen molar-refractivity contribution in [3.8, 4) is 17.1 Å². The number of halogens is 4. The average Bonchev–Trinajstić information content (AvgIpc) is 3.59. The number of aryl methyl sites for hydroxylation is 1. The minimum Gasteiger partial charge on any atom is -0.504 e. The molecule has 288 valence electrons. The van der Waals surface area contributed by atoms with Crippen molar-refractivity contribution in [2.24, 2.45) is 0 Å². The number of ether oxygens (including phenoxy) is 1. The Kier molecular flexibility index (Phi) is 9.79. The van der Waals surface area contributed by atoms with Crippen LogP contribution in [-0.2, 0) is 41.7 Å². The molecule has 0 bridgehead atoms. The lowest BCUT2D eigenvalue weighted by molar-refractivity contribution is -0.137. The molecule has 14 nitrogen and oxygen atoms in total. The van der Waals surface area contributed by atoms with Crippen molar-refractivity contribution < 1.29 is 32.6 Å². The van der Waals surface area contributed by atoms with Gasteiger partial charge in [-0.15, -0.1) is 5.10 Å². The van der Waals surface area contributed by atoms with Crippen molar-refractivity contribution in [1.82, 2.24) is 34.0 Å². The van der Waals surface area contributed by atoms with Crippen LogP contribution in [-0.4, -0.2) is 82.7 Å². The number of benzene rings is 2. The van der Waals surface area contributed by atoms with Crippen LogP contribution in [0.15, 0.2) is 47.5 Å². The molecule has 2 aliphatic rings. The van der Waals surface area contributed by atoms with Gasteiger partial charge in [-0.05, 0) is 56.5 Å². The highest BCUT2D eigenvalue weighted by Gasteiger charge is 2.33. The third-order valence-corrected chi connectivity index (χ3v) is 10.2. The van der Waals surface area contributed by atoms with E-state index in [0.717, 1.165) is 33.8 Å². The Balaban J connectivity index is 1.28. The van der Waals surface area contributed by atoms with E-state index in [1.807, 2.05) is 43.9 Å². The Morgan fingerprint density at radius 1 is 1.09 bits per heavy atom. The van der Waals surface area contributed by atoms with Crippen LogP contribution in [0, 0.1) is 6.92 Å². The maximum atomic E-state index is 14.5. The number of nitrogens with one attached hydrogen (secondary N) is 1. The molecule has 1 saturated heterocycles. The third-order valence-electron chi connectivity index (χ3n) is 9.86. The second-order valence-electron chi connectivity index (χ2n) is 14.0. The van der Waals surface area contributed by atoms with Gasteiger partial charge >= 0.3 is 6.18 Å². The smallest absolute Gasteiger partial charge is 0.416 e. The van der Waals surface area contributed by atoms with Crippen LogP contribution in [0.25, 0.3) is 17.2 Å². The predicted molar refractivity (Wildman–Crippen MR) is 196 cm³/mol. The maximum Gasteiger partial charge on any atom is 0.416 e. The number of amides is 2. The van der Waals surface area contributed by atoms with Gasteiger partial charge in [0, 0.05) is 38.2 Å².